The van der Waals surface area contributed by atoms with Crippen molar-refractivity contribution in [3.8, 4) is 0 Å². The van der Waals surface area contributed by atoms with E-state index < -0.39 is 5.97 Å². The fraction of sp³-hybridized carbons (Fsp3) is 0.556. The standard InChI is InChI=1S/C18H24N2O4/c21-17(22)12-19(15-8-9-15)11-16-7-4-10-20(16)18(23)24-13-14-5-2-1-3-6-14/h1-3,5-6,15-16H,4,7-13H2,(H,21,22)/t16-/m1/s1. The third-order valence-corrected chi connectivity index (χ3v) is 4.66. The molecule has 1 saturated carbocycles. The van der Waals surface area contributed by atoms with E-state index in [2.05, 4.69) is 0 Å². The van der Waals surface area contributed by atoms with Gasteiger partial charge in [0.25, 0.3) is 0 Å². The molecule has 2 aliphatic rings. The average molecular weight is 332 g/mol. The molecule has 24 heavy (non-hydrogen) atoms. The van der Waals surface area contributed by atoms with Gasteiger partial charge < -0.3 is 14.7 Å². The van der Waals surface area contributed by atoms with Gasteiger partial charge in [-0.2, -0.15) is 0 Å². The SMILES string of the molecule is O=C(O)CN(C[C@H]1CCCN1C(=O)OCc1ccccc1)C1CC1. The van der Waals surface area contributed by atoms with E-state index in [4.69, 9.17) is 9.84 Å². The normalized spacial score (nSPS) is 20.4. The van der Waals surface area contributed by atoms with Crippen molar-refractivity contribution in [2.75, 3.05) is 19.6 Å². The fourth-order valence-electron chi connectivity index (χ4n) is 3.29. The Labute approximate surface area is 142 Å². The van der Waals surface area contributed by atoms with Crippen LogP contribution in [-0.4, -0.2) is 58.7 Å². The highest BCUT2D eigenvalue weighted by molar-refractivity contribution is 5.69. The van der Waals surface area contributed by atoms with Crippen LogP contribution in [0.25, 0.3) is 0 Å². The minimum atomic E-state index is -0.807. The number of carbonyl (C=O) groups excluding carboxylic acids is 1. The predicted octanol–water partition coefficient (Wildman–Crippen LogP) is 2.34. The molecule has 1 aliphatic carbocycles. The molecule has 2 fully saturated rings. The zero-order valence-corrected chi connectivity index (χ0v) is 13.8. The molecule has 0 spiro atoms. The van der Waals surface area contributed by atoms with Gasteiger partial charge in [-0.15, -0.1) is 0 Å². The number of hydrogen-bond donors (Lipinski definition) is 1. The van der Waals surface area contributed by atoms with Gasteiger partial charge in [-0.1, -0.05) is 30.3 Å². The molecule has 0 bridgehead atoms. The van der Waals surface area contributed by atoms with Crippen LogP contribution < -0.4 is 0 Å². The number of ether oxygens (including phenoxy) is 1. The van der Waals surface area contributed by atoms with Gasteiger partial charge in [-0.3, -0.25) is 9.69 Å². The number of likely N-dealkylation sites (tertiary alicyclic amines) is 1. The molecule has 6 nitrogen and oxygen atoms in total. The summed E-state index contributed by atoms with van der Waals surface area (Å²) in [5.41, 5.74) is 0.965. The van der Waals surface area contributed by atoms with Crippen molar-refractivity contribution in [2.24, 2.45) is 0 Å². The van der Waals surface area contributed by atoms with Crippen molar-refractivity contribution in [1.82, 2.24) is 9.80 Å². The van der Waals surface area contributed by atoms with Crippen LogP contribution >= 0.6 is 0 Å². The molecule has 6 heteroatoms. The Morgan fingerprint density at radius 3 is 2.62 bits per heavy atom. The Balaban J connectivity index is 1.54. The van der Waals surface area contributed by atoms with Gasteiger partial charge in [0.2, 0.25) is 0 Å². The summed E-state index contributed by atoms with van der Waals surface area (Å²) < 4.78 is 5.43. The Hall–Kier alpha value is -2.08. The molecule has 1 saturated heterocycles. The van der Waals surface area contributed by atoms with Crippen LogP contribution in [0.4, 0.5) is 4.79 Å². The molecule has 1 aromatic carbocycles. The molecule has 1 heterocycles. The topological polar surface area (TPSA) is 70.1 Å². The van der Waals surface area contributed by atoms with Gasteiger partial charge in [0.15, 0.2) is 0 Å². The summed E-state index contributed by atoms with van der Waals surface area (Å²) in [4.78, 5) is 27.2. The first-order valence-electron chi connectivity index (χ1n) is 8.56. The lowest BCUT2D eigenvalue weighted by atomic mass is 10.2. The highest BCUT2D eigenvalue weighted by atomic mass is 16.6. The zero-order chi connectivity index (χ0) is 16.9. The molecule has 1 N–H and O–H groups in total. The molecular formula is C18H24N2O4. The van der Waals surface area contributed by atoms with Crippen LogP contribution in [-0.2, 0) is 16.1 Å². The van der Waals surface area contributed by atoms with E-state index in [9.17, 15) is 9.59 Å². The van der Waals surface area contributed by atoms with E-state index in [1.807, 2.05) is 35.2 Å². The Bertz CT molecular complexity index is 574. The van der Waals surface area contributed by atoms with E-state index in [-0.39, 0.29) is 25.3 Å². The molecule has 130 valence electrons. The number of carboxylic acid groups (broad SMARTS) is 1. The van der Waals surface area contributed by atoms with Crippen LogP contribution in [0.5, 0.6) is 0 Å². The Kier molecular flexibility index (Phi) is 5.35. The third kappa shape index (κ3) is 4.47. The number of aliphatic carboxylic acids is 1. The van der Waals surface area contributed by atoms with Gasteiger partial charge >= 0.3 is 12.1 Å². The number of rotatable bonds is 7. The van der Waals surface area contributed by atoms with Gasteiger partial charge in [0, 0.05) is 25.2 Å². The fourth-order valence-corrected chi connectivity index (χ4v) is 3.29. The van der Waals surface area contributed by atoms with Crippen molar-refractivity contribution in [3.63, 3.8) is 0 Å². The molecule has 3 rings (SSSR count). The second-order valence-corrected chi connectivity index (χ2v) is 6.58. The lowest BCUT2D eigenvalue weighted by Crippen LogP contribution is -2.45. The first-order chi connectivity index (χ1) is 11.6. The summed E-state index contributed by atoms with van der Waals surface area (Å²) in [6.45, 7) is 1.62. The zero-order valence-electron chi connectivity index (χ0n) is 13.8. The molecule has 1 atom stereocenters. The molecular weight excluding hydrogens is 308 g/mol. The van der Waals surface area contributed by atoms with Crippen molar-refractivity contribution in [1.29, 1.82) is 0 Å². The van der Waals surface area contributed by atoms with E-state index in [1.54, 1.807) is 4.90 Å². The van der Waals surface area contributed by atoms with Gasteiger partial charge in [-0.05, 0) is 31.2 Å². The average Bonchev–Trinajstić information content (AvgIpc) is 3.32. The third-order valence-electron chi connectivity index (χ3n) is 4.66. The quantitative estimate of drug-likeness (QED) is 0.830. The van der Waals surface area contributed by atoms with Crippen molar-refractivity contribution in [2.45, 2.75) is 44.4 Å². The van der Waals surface area contributed by atoms with E-state index in [0.29, 0.717) is 19.1 Å². The van der Waals surface area contributed by atoms with E-state index in [0.717, 1.165) is 31.2 Å². The van der Waals surface area contributed by atoms with Gasteiger partial charge in [0.1, 0.15) is 6.61 Å². The minimum Gasteiger partial charge on any atom is -0.480 e. The Morgan fingerprint density at radius 1 is 1.21 bits per heavy atom. The van der Waals surface area contributed by atoms with Crippen LogP contribution in [0, 0.1) is 0 Å². The highest BCUT2D eigenvalue weighted by Crippen LogP contribution is 2.29. The number of carbonyl (C=O) groups is 2. The first kappa shape index (κ1) is 16.8. The van der Waals surface area contributed by atoms with Crippen LogP contribution in [0.2, 0.25) is 0 Å². The number of nitrogens with zero attached hydrogens (tertiary/aromatic N) is 2. The molecule has 1 amide bonds. The van der Waals surface area contributed by atoms with Crippen molar-refractivity contribution in [3.05, 3.63) is 35.9 Å². The van der Waals surface area contributed by atoms with Gasteiger partial charge in [-0.25, -0.2) is 4.79 Å². The van der Waals surface area contributed by atoms with Crippen molar-refractivity contribution >= 4 is 12.1 Å². The smallest absolute Gasteiger partial charge is 0.410 e. The molecule has 0 aromatic heterocycles. The first-order valence-corrected chi connectivity index (χ1v) is 8.56. The summed E-state index contributed by atoms with van der Waals surface area (Å²) in [5, 5.41) is 9.07. The number of amides is 1. The molecule has 1 aromatic rings. The van der Waals surface area contributed by atoms with Crippen LogP contribution in [0.15, 0.2) is 30.3 Å². The van der Waals surface area contributed by atoms with Gasteiger partial charge in [0.05, 0.1) is 6.54 Å². The van der Waals surface area contributed by atoms with E-state index in [1.165, 1.54) is 0 Å². The summed E-state index contributed by atoms with van der Waals surface area (Å²) in [5.74, 6) is -0.807. The highest BCUT2D eigenvalue weighted by Gasteiger charge is 2.36. The lowest BCUT2D eigenvalue weighted by Gasteiger charge is -2.29. The summed E-state index contributed by atoms with van der Waals surface area (Å²) in [6.07, 6.45) is 3.66. The van der Waals surface area contributed by atoms with Crippen molar-refractivity contribution < 1.29 is 19.4 Å². The number of carboxylic acids is 1. The molecule has 0 unspecified atom stereocenters. The number of hydrogen-bond acceptors (Lipinski definition) is 4. The Morgan fingerprint density at radius 2 is 1.96 bits per heavy atom. The number of benzene rings is 1. The maximum Gasteiger partial charge on any atom is 0.410 e. The van der Waals surface area contributed by atoms with Crippen LogP contribution in [0.3, 0.4) is 0 Å². The predicted molar refractivity (Wildman–Crippen MR) is 88.6 cm³/mol. The molecule has 0 radical (unpaired) electrons. The maximum atomic E-state index is 12.4. The summed E-state index contributed by atoms with van der Waals surface area (Å²) >= 11 is 0. The van der Waals surface area contributed by atoms with E-state index >= 15 is 0 Å². The second kappa shape index (κ2) is 7.66. The second-order valence-electron chi connectivity index (χ2n) is 6.58. The lowest BCUT2D eigenvalue weighted by molar-refractivity contribution is -0.138. The molecule has 1 aliphatic heterocycles. The largest absolute Gasteiger partial charge is 0.480 e. The summed E-state index contributed by atoms with van der Waals surface area (Å²) in [7, 11) is 0. The summed E-state index contributed by atoms with van der Waals surface area (Å²) in [6, 6.07) is 10.0. The monoisotopic (exact) mass is 332 g/mol. The minimum absolute atomic E-state index is 0.0493. The maximum absolute atomic E-state index is 12.4. The van der Waals surface area contributed by atoms with Crippen LogP contribution in [0.1, 0.15) is 31.2 Å².